The lowest BCUT2D eigenvalue weighted by Crippen LogP contribution is -2.51. The molecule has 0 spiro atoms. The predicted octanol–water partition coefficient (Wildman–Crippen LogP) is 6.44. The number of anilines is 1. The van der Waals surface area contributed by atoms with E-state index in [0.29, 0.717) is 13.2 Å². The van der Waals surface area contributed by atoms with E-state index in [1.165, 1.54) is 11.1 Å². The Balaban J connectivity index is 1.55. The molecule has 1 N–H and O–H groups in total. The number of benzene rings is 3. The second kappa shape index (κ2) is 9.76. The highest BCUT2D eigenvalue weighted by atomic mass is 16.6. The van der Waals surface area contributed by atoms with E-state index < -0.39 is 5.60 Å². The van der Waals surface area contributed by atoms with Crippen LogP contribution in [0.5, 0.6) is 5.75 Å². The molecule has 0 saturated heterocycles. The summed E-state index contributed by atoms with van der Waals surface area (Å²) in [6, 6.07) is 25.1. The third kappa shape index (κ3) is 5.14. The van der Waals surface area contributed by atoms with E-state index in [-0.39, 0.29) is 12.2 Å². The highest BCUT2D eigenvalue weighted by molar-refractivity contribution is 5.54. The number of hydrogen-bond acceptors (Lipinski definition) is 4. The lowest BCUT2D eigenvalue weighted by Gasteiger charge is -2.44. The average molecular weight is 432 g/mol. The number of aryl methyl sites for hydroxylation is 1. The molecule has 1 aliphatic rings. The fraction of sp³-hybridized carbons (Fsp3) is 0.357. The summed E-state index contributed by atoms with van der Waals surface area (Å²) in [5, 5.41) is 3.53. The standard InChI is InChI=1S/C28H33NO3/c1-5-30-26-24-17-23(29-18-21-13-11-20(2)12-14-21)15-16-25(24)32-28(3,4)27(26)31-19-22-9-7-6-8-10-22/h6-17,26-27,29H,5,18-19H2,1-4H3. The Kier molecular flexibility index (Phi) is 6.83. The second-order valence-electron chi connectivity index (χ2n) is 8.89. The molecule has 4 rings (SSSR count). The van der Waals surface area contributed by atoms with Crippen molar-refractivity contribution in [3.63, 3.8) is 0 Å². The fourth-order valence-corrected chi connectivity index (χ4v) is 4.16. The summed E-state index contributed by atoms with van der Waals surface area (Å²) in [4.78, 5) is 0. The molecule has 0 amide bonds. The van der Waals surface area contributed by atoms with Gasteiger partial charge in [-0.2, -0.15) is 0 Å². The maximum Gasteiger partial charge on any atom is 0.132 e. The number of ether oxygens (including phenoxy) is 3. The monoisotopic (exact) mass is 431 g/mol. The molecule has 0 saturated carbocycles. The van der Waals surface area contributed by atoms with E-state index in [1.54, 1.807) is 0 Å². The Bertz CT molecular complexity index is 1010. The fourth-order valence-electron chi connectivity index (χ4n) is 4.16. The smallest absolute Gasteiger partial charge is 0.132 e. The summed E-state index contributed by atoms with van der Waals surface area (Å²) in [5.41, 5.74) is 5.20. The third-order valence-electron chi connectivity index (χ3n) is 5.89. The minimum atomic E-state index is -0.515. The molecule has 0 radical (unpaired) electrons. The van der Waals surface area contributed by atoms with Crippen molar-refractivity contribution in [1.82, 2.24) is 0 Å². The van der Waals surface area contributed by atoms with Crippen molar-refractivity contribution in [3.8, 4) is 5.75 Å². The van der Waals surface area contributed by atoms with E-state index in [2.05, 4.69) is 74.6 Å². The Morgan fingerprint density at radius 3 is 2.38 bits per heavy atom. The topological polar surface area (TPSA) is 39.7 Å². The van der Waals surface area contributed by atoms with Crippen LogP contribution in [0.2, 0.25) is 0 Å². The SMILES string of the molecule is CCOC1c2cc(NCc3ccc(C)cc3)ccc2OC(C)(C)C1OCc1ccccc1. The summed E-state index contributed by atoms with van der Waals surface area (Å²) >= 11 is 0. The van der Waals surface area contributed by atoms with Gasteiger partial charge >= 0.3 is 0 Å². The number of rotatable bonds is 8. The molecule has 1 heterocycles. The second-order valence-corrected chi connectivity index (χ2v) is 8.89. The number of fused-ring (bicyclic) bond motifs is 1. The summed E-state index contributed by atoms with van der Waals surface area (Å²) in [5.74, 6) is 0.855. The molecule has 3 aromatic rings. The summed E-state index contributed by atoms with van der Waals surface area (Å²) < 4.78 is 19.1. The third-order valence-corrected chi connectivity index (χ3v) is 5.89. The molecule has 0 aromatic heterocycles. The zero-order chi connectivity index (χ0) is 22.6. The van der Waals surface area contributed by atoms with E-state index in [0.717, 1.165) is 29.1 Å². The first-order valence-corrected chi connectivity index (χ1v) is 11.4. The van der Waals surface area contributed by atoms with Crippen LogP contribution in [0.15, 0.2) is 72.8 Å². The quantitative estimate of drug-likeness (QED) is 0.445. The van der Waals surface area contributed by atoms with Gasteiger partial charge in [0.05, 0.1) is 6.61 Å². The van der Waals surface area contributed by atoms with Crippen LogP contribution in [0.4, 0.5) is 5.69 Å². The average Bonchev–Trinajstić information content (AvgIpc) is 2.79. The Morgan fingerprint density at radius 1 is 0.906 bits per heavy atom. The van der Waals surface area contributed by atoms with Gasteiger partial charge in [-0.25, -0.2) is 0 Å². The highest BCUT2D eigenvalue weighted by Gasteiger charge is 2.45. The molecule has 2 atom stereocenters. The maximum absolute atomic E-state index is 6.42. The lowest BCUT2D eigenvalue weighted by atomic mass is 9.87. The van der Waals surface area contributed by atoms with E-state index >= 15 is 0 Å². The predicted molar refractivity (Wildman–Crippen MR) is 129 cm³/mol. The van der Waals surface area contributed by atoms with Crippen molar-refractivity contribution in [2.75, 3.05) is 11.9 Å². The molecular weight excluding hydrogens is 398 g/mol. The summed E-state index contributed by atoms with van der Waals surface area (Å²) in [6.07, 6.45) is -0.439. The Labute approximate surface area is 191 Å². The molecule has 32 heavy (non-hydrogen) atoms. The van der Waals surface area contributed by atoms with Gasteiger partial charge in [0.25, 0.3) is 0 Å². The van der Waals surface area contributed by atoms with Crippen LogP contribution in [-0.2, 0) is 22.6 Å². The minimum absolute atomic E-state index is 0.205. The van der Waals surface area contributed by atoms with Crippen LogP contribution < -0.4 is 10.1 Å². The van der Waals surface area contributed by atoms with Gasteiger partial charge in [-0.05, 0) is 57.0 Å². The molecule has 4 nitrogen and oxygen atoms in total. The molecular formula is C28H33NO3. The largest absolute Gasteiger partial charge is 0.485 e. The van der Waals surface area contributed by atoms with Crippen LogP contribution in [0.25, 0.3) is 0 Å². The summed E-state index contributed by atoms with van der Waals surface area (Å²) in [6.45, 7) is 10.2. The minimum Gasteiger partial charge on any atom is -0.485 e. The number of hydrogen-bond donors (Lipinski definition) is 1. The molecule has 3 aromatic carbocycles. The van der Waals surface area contributed by atoms with Gasteiger partial charge in [0.15, 0.2) is 0 Å². The lowest BCUT2D eigenvalue weighted by molar-refractivity contribution is -0.165. The molecule has 0 fully saturated rings. The first-order chi connectivity index (χ1) is 15.5. The van der Waals surface area contributed by atoms with Gasteiger partial charge in [0, 0.05) is 24.4 Å². The van der Waals surface area contributed by atoms with Gasteiger partial charge < -0.3 is 19.5 Å². The first kappa shape index (κ1) is 22.4. The highest BCUT2D eigenvalue weighted by Crippen LogP contribution is 2.44. The Morgan fingerprint density at radius 2 is 1.66 bits per heavy atom. The molecule has 2 unspecified atom stereocenters. The van der Waals surface area contributed by atoms with Crippen LogP contribution in [0, 0.1) is 6.92 Å². The Hall–Kier alpha value is -2.82. The zero-order valence-electron chi connectivity index (χ0n) is 19.4. The zero-order valence-corrected chi connectivity index (χ0v) is 19.4. The molecule has 1 aliphatic heterocycles. The van der Waals surface area contributed by atoms with Crippen LogP contribution >= 0.6 is 0 Å². The van der Waals surface area contributed by atoms with Crippen LogP contribution in [0.1, 0.15) is 49.1 Å². The van der Waals surface area contributed by atoms with Crippen molar-refractivity contribution in [1.29, 1.82) is 0 Å². The molecule has 168 valence electrons. The molecule has 4 heteroatoms. The molecule has 0 aliphatic carbocycles. The van der Waals surface area contributed by atoms with Crippen molar-refractivity contribution in [2.45, 2.75) is 58.7 Å². The van der Waals surface area contributed by atoms with E-state index in [9.17, 15) is 0 Å². The van der Waals surface area contributed by atoms with E-state index in [1.807, 2.05) is 31.2 Å². The maximum atomic E-state index is 6.42. The number of nitrogens with one attached hydrogen (secondary N) is 1. The van der Waals surface area contributed by atoms with Gasteiger partial charge in [-0.1, -0.05) is 60.2 Å². The van der Waals surface area contributed by atoms with Gasteiger partial charge in [0.2, 0.25) is 0 Å². The van der Waals surface area contributed by atoms with Gasteiger partial charge in [0.1, 0.15) is 23.6 Å². The first-order valence-electron chi connectivity index (χ1n) is 11.4. The normalized spacial score (nSPS) is 19.1. The van der Waals surface area contributed by atoms with Crippen molar-refractivity contribution < 1.29 is 14.2 Å². The summed E-state index contributed by atoms with van der Waals surface area (Å²) in [7, 11) is 0. The van der Waals surface area contributed by atoms with Crippen LogP contribution in [0.3, 0.4) is 0 Å². The van der Waals surface area contributed by atoms with E-state index in [4.69, 9.17) is 14.2 Å². The van der Waals surface area contributed by atoms with Crippen molar-refractivity contribution in [3.05, 3.63) is 95.1 Å². The van der Waals surface area contributed by atoms with Crippen LogP contribution in [-0.4, -0.2) is 18.3 Å². The van der Waals surface area contributed by atoms with Gasteiger partial charge in [-0.3, -0.25) is 0 Å². The van der Waals surface area contributed by atoms with Crippen molar-refractivity contribution in [2.24, 2.45) is 0 Å². The molecule has 0 bridgehead atoms. The van der Waals surface area contributed by atoms with Gasteiger partial charge in [-0.15, -0.1) is 0 Å². The van der Waals surface area contributed by atoms with Crippen molar-refractivity contribution >= 4 is 5.69 Å².